The first kappa shape index (κ1) is 22.2. The van der Waals surface area contributed by atoms with Crippen LogP contribution in [-0.4, -0.2) is 41.2 Å². The third kappa shape index (κ3) is 5.99. The number of thiazole rings is 1. The Bertz CT molecular complexity index is 1060. The molecule has 0 radical (unpaired) electrons. The molecule has 0 spiro atoms. The van der Waals surface area contributed by atoms with Crippen LogP contribution in [0.1, 0.15) is 35.8 Å². The summed E-state index contributed by atoms with van der Waals surface area (Å²) in [6, 6.07) is 16.5. The van der Waals surface area contributed by atoms with Gasteiger partial charge in [-0.3, -0.25) is 14.4 Å². The van der Waals surface area contributed by atoms with Gasteiger partial charge < -0.3 is 15.5 Å². The number of aromatic nitrogens is 1. The van der Waals surface area contributed by atoms with Gasteiger partial charge in [0.2, 0.25) is 11.8 Å². The van der Waals surface area contributed by atoms with Crippen LogP contribution in [0.5, 0.6) is 0 Å². The summed E-state index contributed by atoms with van der Waals surface area (Å²) in [6.07, 6.45) is 0. The van der Waals surface area contributed by atoms with Gasteiger partial charge in [0.25, 0.3) is 5.91 Å². The lowest BCUT2D eigenvalue weighted by Gasteiger charge is -2.16. The molecule has 0 fully saturated rings. The topological polar surface area (TPSA) is 91.4 Å². The van der Waals surface area contributed by atoms with Gasteiger partial charge >= 0.3 is 0 Å². The van der Waals surface area contributed by atoms with Gasteiger partial charge in [-0.2, -0.15) is 0 Å². The Morgan fingerprint density at radius 1 is 1.06 bits per heavy atom. The molecule has 1 aromatic heterocycles. The zero-order valence-electron chi connectivity index (χ0n) is 17.6. The van der Waals surface area contributed by atoms with Crippen LogP contribution in [0.25, 0.3) is 11.3 Å². The highest BCUT2D eigenvalue weighted by Gasteiger charge is 2.16. The number of nitrogens with one attached hydrogen (secondary N) is 2. The van der Waals surface area contributed by atoms with E-state index in [1.807, 2.05) is 42.6 Å². The third-order valence-corrected chi connectivity index (χ3v) is 5.38. The van der Waals surface area contributed by atoms with Gasteiger partial charge in [-0.1, -0.05) is 42.5 Å². The van der Waals surface area contributed by atoms with E-state index in [-0.39, 0.29) is 30.3 Å². The SMILES string of the molecule is CC(=O)NC(C)c1ccc(-c2csc(NC(=O)CN(C)C(=O)c3ccccc3)n2)cc1. The van der Waals surface area contributed by atoms with E-state index >= 15 is 0 Å². The highest BCUT2D eigenvalue weighted by atomic mass is 32.1. The van der Waals surface area contributed by atoms with E-state index in [4.69, 9.17) is 0 Å². The normalized spacial score (nSPS) is 11.5. The van der Waals surface area contributed by atoms with Crippen molar-refractivity contribution in [3.63, 3.8) is 0 Å². The highest BCUT2D eigenvalue weighted by Crippen LogP contribution is 2.26. The molecule has 3 rings (SSSR count). The highest BCUT2D eigenvalue weighted by molar-refractivity contribution is 7.14. The van der Waals surface area contributed by atoms with Gasteiger partial charge in [0.15, 0.2) is 5.13 Å². The number of likely N-dealkylation sites (N-methyl/N-ethyl adjacent to an activating group) is 1. The maximum absolute atomic E-state index is 12.4. The first-order valence-corrected chi connectivity index (χ1v) is 10.6. The summed E-state index contributed by atoms with van der Waals surface area (Å²) in [4.78, 5) is 41.7. The van der Waals surface area contributed by atoms with Crippen LogP contribution in [0, 0.1) is 0 Å². The van der Waals surface area contributed by atoms with E-state index < -0.39 is 0 Å². The minimum atomic E-state index is -0.313. The van der Waals surface area contributed by atoms with Crippen LogP contribution >= 0.6 is 11.3 Å². The second kappa shape index (κ2) is 9.99. The fourth-order valence-corrected chi connectivity index (χ4v) is 3.78. The number of amides is 3. The Balaban J connectivity index is 1.58. The minimum absolute atomic E-state index is 0.0711. The number of carbonyl (C=O) groups excluding carboxylic acids is 3. The lowest BCUT2D eigenvalue weighted by Crippen LogP contribution is -2.34. The molecule has 2 N–H and O–H groups in total. The zero-order valence-corrected chi connectivity index (χ0v) is 18.4. The summed E-state index contributed by atoms with van der Waals surface area (Å²) < 4.78 is 0. The average Bonchev–Trinajstić information content (AvgIpc) is 3.21. The van der Waals surface area contributed by atoms with Crippen molar-refractivity contribution in [2.75, 3.05) is 18.9 Å². The van der Waals surface area contributed by atoms with Gasteiger partial charge in [-0.05, 0) is 24.6 Å². The molecule has 1 heterocycles. The van der Waals surface area contributed by atoms with Gasteiger partial charge in [0.1, 0.15) is 0 Å². The van der Waals surface area contributed by atoms with Crippen LogP contribution in [0.4, 0.5) is 5.13 Å². The molecule has 0 aliphatic rings. The summed E-state index contributed by atoms with van der Waals surface area (Å²) >= 11 is 1.32. The van der Waals surface area contributed by atoms with E-state index in [9.17, 15) is 14.4 Å². The second-order valence-corrected chi connectivity index (χ2v) is 8.02. The molecule has 31 heavy (non-hydrogen) atoms. The van der Waals surface area contributed by atoms with Crippen LogP contribution in [0.3, 0.4) is 0 Å². The Morgan fingerprint density at radius 2 is 1.74 bits per heavy atom. The molecule has 0 saturated carbocycles. The lowest BCUT2D eigenvalue weighted by atomic mass is 10.1. The van der Waals surface area contributed by atoms with Crippen molar-refractivity contribution >= 4 is 34.2 Å². The van der Waals surface area contributed by atoms with Crippen molar-refractivity contribution in [1.29, 1.82) is 0 Å². The molecular weight excluding hydrogens is 412 g/mol. The fraction of sp³-hybridized carbons (Fsp3) is 0.217. The Labute approximate surface area is 185 Å². The molecule has 8 heteroatoms. The van der Waals surface area contributed by atoms with Crippen molar-refractivity contribution < 1.29 is 14.4 Å². The lowest BCUT2D eigenvalue weighted by molar-refractivity contribution is -0.119. The Morgan fingerprint density at radius 3 is 2.39 bits per heavy atom. The van der Waals surface area contributed by atoms with E-state index in [0.717, 1.165) is 16.8 Å². The number of hydrogen-bond donors (Lipinski definition) is 2. The molecule has 1 atom stereocenters. The molecule has 7 nitrogen and oxygen atoms in total. The second-order valence-electron chi connectivity index (χ2n) is 7.16. The van der Waals surface area contributed by atoms with E-state index in [1.165, 1.54) is 23.2 Å². The van der Waals surface area contributed by atoms with Gasteiger partial charge in [0, 0.05) is 30.5 Å². The predicted molar refractivity (Wildman–Crippen MR) is 122 cm³/mol. The minimum Gasteiger partial charge on any atom is -0.350 e. The molecule has 0 saturated heterocycles. The molecule has 3 aromatic rings. The van der Waals surface area contributed by atoms with Gasteiger partial charge in [0.05, 0.1) is 18.3 Å². The first-order chi connectivity index (χ1) is 14.8. The van der Waals surface area contributed by atoms with E-state index in [2.05, 4.69) is 15.6 Å². The van der Waals surface area contributed by atoms with Crippen LogP contribution in [0.2, 0.25) is 0 Å². The predicted octanol–water partition coefficient (Wildman–Crippen LogP) is 3.72. The molecule has 0 bridgehead atoms. The van der Waals surface area contributed by atoms with Crippen molar-refractivity contribution in [3.05, 3.63) is 71.1 Å². The first-order valence-electron chi connectivity index (χ1n) is 9.77. The zero-order chi connectivity index (χ0) is 22.4. The number of anilines is 1. The van der Waals surface area contributed by atoms with Crippen LogP contribution in [-0.2, 0) is 9.59 Å². The molecular formula is C23H24N4O3S. The van der Waals surface area contributed by atoms with Crippen LogP contribution < -0.4 is 10.6 Å². The molecule has 2 aromatic carbocycles. The molecule has 1 unspecified atom stereocenters. The van der Waals surface area contributed by atoms with Crippen molar-refractivity contribution in [2.45, 2.75) is 19.9 Å². The molecule has 3 amide bonds. The Hall–Kier alpha value is -3.52. The van der Waals surface area contributed by atoms with E-state index in [1.54, 1.807) is 31.3 Å². The number of rotatable bonds is 7. The number of nitrogens with zero attached hydrogens (tertiary/aromatic N) is 2. The van der Waals surface area contributed by atoms with Gasteiger partial charge in [-0.15, -0.1) is 11.3 Å². The quantitative estimate of drug-likeness (QED) is 0.591. The number of carbonyl (C=O) groups is 3. The Kier molecular flexibility index (Phi) is 7.15. The smallest absolute Gasteiger partial charge is 0.254 e. The van der Waals surface area contributed by atoms with Crippen molar-refractivity contribution in [2.24, 2.45) is 0 Å². The maximum Gasteiger partial charge on any atom is 0.254 e. The summed E-state index contributed by atoms with van der Waals surface area (Å²) in [5.74, 6) is -0.608. The monoisotopic (exact) mass is 436 g/mol. The van der Waals surface area contributed by atoms with Gasteiger partial charge in [-0.25, -0.2) is 4.98 Å². The molecule has 0 aliphatic carbocycles. The number of benzene rings is 2. The molecule has 0 aliphatic heterocycles. The summed E-state index contributed by atoms with van der Waals surface area (Å²) in [6.45, 7) is 3.34. The summed E-state index contributed by atoms with van der Waals surface area (Å²) in [5, 5.41) is 7.93. The fourth-order valence-electron chi connectivity index (χ4n) is 3.04. The van der Waals surface area contributed by atoms with E-state index in [0.29, 0.717) is 10.7 Å². The summed E-state index contributed by atoms with van der Waals surface area (Å²) in [7, 11) is 1.59. The standard InChI is InChI=1S/C23H24N4O3S/c1-15(24-16(2)28)17-9-11-18(12-10-17)20-14-31-23(25-20)26-21(29)13-27(3)22(30)19-7-5-4-6-8-19/h4-12,14-15H,13H2,1-3H3,(H,24,28)(H,25,26,29). The third-order valence-electron chi connectivity index (χ3n) is 4.62. The largest absolute Gasteiger partial charge is 0.350 e. The van der Waals surface area contributed by atoms with Crippen LogP contribution in [0.15, 0.2) is 60.0 Å². The summed E-state index contributed by atoms with van der Waals surface area (Å²) in [5.41, 5.74) is 3.18. The molecule has 160 valence electrons. The van der Waals surface area contributed by atoms with Crippen molar-refractivity contribution in [3.8, 4) is 11.3 Å². The van der Waals surface area contributed by atoms with Crippen molar-refractivity contribution in [1.82, 2.24) is 15.2 Å². The maximum atomic E-state index is 12.4. The average molecular weight is 437 g/mol. The number of hydrogen-bond acceptors (Lipinski definition) is 5.